The van der Waals surface area contributed by atoms with Crippen LogP contribution in [-0.2, 0) is 0 Å². The average Bonchev–Trinajstić information content (AvgIpc) is 2.28. The van der Waals surface area contributed by atoms with Gasteiger partial charge < -0.3 is 0 Å². The molecular weight excluding hydrogens is 592 g/mol. The normalized spacial score (nSPS) is 5.69. The van der Waals surface area contributed by atoms with Crippen molar-refractivity contribution in [2.24, 2.45) is 0 Å². The maximum Gasteiger partial charge on any atom is 0 e. The van der Waals surface area contributed by atoms with Gasteiger partial charge in [0.1, 0.15) is 0 Å². The Morgan fingerprint density at radius 2 is 0.538 bits per heavy atom. The van der Waals surface area contributed by atoms with Crippen LogP contribution in [-0.4, -0.2) is 0 Å². The van der Waals surface area contributed by atoms with Crippen LogP contribution in [0.1, 0.15) is 22.3 Å². The number of hydrogen-bond donors (Lipinski definition) is 0. The number of aryl methyl sites for hydroxylation is 4. The molecule has 0 spiro atoms. The van der Waals surface area contributed by atoms with Gasteiger partial charge in [0.2, 0.25) is 0 Å². The molecule has 0 aliphatic carbocycles. The molecular formula is C16H20Ar10. The average molecular weight is 612 g/mol. The summed E-state index contributed by atoms with van der Waals surface area (Å²) < 4.78 is 0. The van der Waals surface area contributed by atoms with Gasteiger partial charge in [-0.15, -0.1) is 0 Å². The first-order valence-electron chi connectivity index (χ1n) is 5.65. The Labute approximate surface area is 460 Å². The summed E-state index contributed by atoms with van der Waals surface area (Å²) in [5, 5.41) is 0. The van der Waals surface area contributed by atoms with Gasteiger partial charge in [0, 0.05) is 377 Å². The fraction of sp³-hybridized carbons (Fsp3) is 0.250. The van der Waals surface area contributed by atoms with Crippen molar-refractivity contribution in [1.82, 2.24) is 0 Å². The molecule has 2 aromatic rings. The molecule has 0 unspecified atom stereocenters. The Morgan fingerprint density at radius 3 is 0.692 bits per heavy atom. The second-order valence-corrected chi connectivity index (χ2v) is 4.24. The molecule has 0 aliphatic heterocycles. The summed E-state index contributed by atoms with van der Waals surface area (Å²) in [5.74, 6) is 0. The van der Waals surface area contributed by atoms with Gasteiger partial charge in [-0.3, -0.25) is 0 Å². The van der Waals surface area contributed by atoms with Gasteiger partial charge in [0.05, 0.1) is 0 Å². The summed E-state index contributed by atoms with van der Waals surface area (Å²) in [5.41, 5.74) is 5.39. The van der Waals surface area contributed by atoms with Gasteiger partial charge in [0.25, 0.3) is 0 Å². The summed E-state index contributed by atoms with van der Waals surface area (Å²) in [6.07, 6.45) is 0. The monoisotopic (exact) mass is 612 g/mol. The minimum Gasteiger partial charge on any atom is -0.0620 e. The van der Waals surface area contributed by atoms with E-state index in [1.165, 1.54) is 22.3 Å². The second-order valence-electron chi connectivity index (χ2n) is 4.24. The Kier molecular flexibility index (Phi) is 116. The first kappa shape index (κ1) is 65.8. The Morgan fingerprint density at radius 1 is 0.346 bits per heavy atom. The van der Waals surface area contributed by atoms with E-state index in [2.05, 4.69) is 76.2 Å². The molecule has 0 amide bonds. The molecule has 0 saturated carbocycles. The first-order valence-corrected chi connectivity index (χ1v) is 5.65. The number of hydrogen-bond acceptors (Lipinski definition) is 0. The molecule has 0 atom stereocenters. The van der Waals surface area contributed by atoms with E-state index >= 15 is 0 Å². The van der Waals surface area contributed by atoms with Crippen LogP contribution in [0.3, 0.4) is 0 Å². The molecule has 164 valence electrons. The zero-order chi connectivity index (χ0) is 12.0. The molecule has 0 aromatic heterocycles. The van der Waals surface area contributed by atoms with E-state index in [0.717, 1.165) is 0 Å². The fourth-order valence-electron chi connectivity index (χ4n) is 1.30. The van der Waals surface area contributed by atoms with Crippen molar-refractivity contribution >= 4 is 0 Å². The fourth-order valence-corrected chi connectivity index (χ4v) is 1.30. The Balaban J connectivity index is -0.0000000178. The predicted octanol–water partition coefficient (Wildman–Crippen LogP) is 4.61. The molecule has 0 bridgehead atoms. The van der Waals surface area contributed by atoms with Gasteiger partial charge in [-0.2, -0.15) is 0 Å². The molecule has 26 heavy (non-hydrogen) atoms. The van der Waals surface area contributed by atoms with Gasteiger partial charge in [-0.05, 0) is 38.8 Å². The maximum atomic E-state index is 2.12. The van der Waals surface area contributed by atoms with Crippen LogP contribution < -0.4 is 0 Å². The topological polar surface area (TPSA) is 0 Å². The van der Waals surface area contributed by atoms with E-state index in [1.807, 2.05) is 0 Å². The quantitative estimate of drug-likeness (QED) is 0.409. The third-order valence-electron chi connectivity index (χ3n) is 2.64. The van der Waals surface area contributed by atoms with Crippen molar-refractivity contribution in [3.8, 4) is 0 Å². The van der Waals surface area contributed by atoms with Crippen LogP contribution in [0.15, 0.2) is 48.5 Å². The molecule has 0 fully saturated rings. The SMILES string of the molecule is Cc1ccc(C)cc1.Cc1ccccc1C.[Ar].[Ar].[Ar].[Ar].[Ar].[Ar].[Ar].[Ar].[Ar].[Ar]. The van der Waals surface area contributed by atoms with Gasteiger partial charge in [0.15, 0.2) is 0 Å². The first-order chi connectivity index (χ1) is 7.59. The molecule has 0 radical (unpaired) electrons. The van der Waals surface area contributed by atoms with Crippen molar-refractivity contribution in [1.29, 1.82) is 0 Å². The molecule has 0 nitrogen and oxygen atoms in total. The van der Waals surface area contributed by atoms with Crippen LogP contribution in [0.25, 0.3) is 0 Å². The van der Waals surface area contributed by atoms with Crippen molar-refractivity contribution in [3.05, 3.63) is 70.8 Å². The summed E-state index contributed by atoms with van der Waals surface area (Å²) in [6, 6.07) is 16.8. The molecule has 0 aliphatic rings. The van der Waals surface area contributed by atoms with Gasteiger partial charge in [-0.1, -0.05) is 59.7 Å². The Bertz CT molecular complexity index is 407. The molecule has 0 heterocycles. The molecule has 0 N–H and O–H groups in total. The van der Waals surface area contributed by atoms with E-state index in [4.69, 9.17) is 0 Å². The van der Waals surface area contributed by atoms with Crippen LogP contribution in [0.5, 0.6) is 0 Å². The van der Waals surface area contributed by atoms with Gasteiger partial charge in [-0.25, -0.2) is 0 Å². The number of rotatable bonds is 0. The third-order valence-corrected chi connectivity index (χ3v) is 2.64. The van der Waals surface area contributed by atoms with E-state index in [1.54, 1.807) is 0 Å². The standard InChI is InChI=1S/2C8H10.10Ar/c1-7-3-5-8(2)6-4-7;1-7-5-3-4-6-8(7)2;;;;;;;;;;/h2*3-6H,1-2H3;;;;;;;;;;. The third kappa shape index (κ3) is 39.5. The van der Waals surface area contributed by atoms with Crippen LogP contribution >= 0.6 is 0 Å². The van der Waals surface area contributed by atoms with Crippen LogP contribution in [0, 0.1) is 405 Å². The van der Waals surface area contributed by atoms with E-state index in [9.17, 15) is 0 Å². The molecule has 10 heteroatoms. The van der Waals surface area contributed by atoms with Crippen molar-refractivity contribution < 1.29 is 377 Å². The predicted molar refractivity (Wildman–Crippen MR) is 71.8 cm³/mol. The maximum absolute atomic E-state index is 2.12. The van der Waals surface area contributed by atoms with E-state index < -0.39 is 0 Å². The number of benzene rings is 2. The molecule has 0 saturated heterocycles. The zero-order valence-electron chi connectivity index (χ0n) is 14.2. The molecule has 2 aromatic carbocycles. The summed E-state index contributed by atoms with van der Waals surface area (Å²) in [6.45, 7) is 8.43. The summed E-state index contributed by atoms with van der Waals surface area (Å²) >= 11 is 0. The van der Waals surface area contributed by atoms with Crippen LogP contribution in [0.2, 0.25) is 0 Å². The Hall–Kier alpha value is 11.0. The van der Waals surface area contributed by atoms with Gasteiger partial charge >= 0.3 is 0 Å². The van der Waals surface area contributed by atoms with Crippen molar-refractivity contribution in [2.75, 3.05) is 0 Å². The van der Waals surface area contributed by atoms with E-state index in [0.29, 0.717) is 0 Å². The largest absolute Gasteiger partial charge is 0.0620 e. The molecule has 2 rings (SSSR count). The second kappa shape index (κ2) is 45.9. The summed E-state index contributed by atoms with van der Waals surface area (Å²) in [4.78, 5) is 0. The van der Waals surface area contributed by atoms with Crippen molar-refractivity contribution in [3.63, 3.8) is 0 Å². The smallest absolute Gasteiger partial charge is 0 e. The van der Waals surface area contributed by atoms with Crippen LogP contribution in [0.4, 0.5) is 0 Å². The minimum atomic E-state index is 0. The minimum absolute atomic E-state index is 0. The van der Waals surface area contributed by atoms with Crippen molar-refractivity contribution in [2.45, 2.75) is 27.7 Å². The zero-order valence-corrected chi connectivity index (χ0v) is 21.2. The van der Waals surface area contributed by atoms with E-state index in [-0.39, 0.29) is 377 Å². The summed E-state index contributed by atoms with van der Waals surface area (Å²) in [7, 11) is 0.